The fraction of sp³-hybridized carbons (Fsp3) is 0.176. The van der Waals surface area contributed by atoms with Crippen LogP contribution in [0.25, 0.3) is 0 Å². The SMILES string of the molecule is Cc1cc(C)c(NS(=O)(=O)c2cc(C)c(F)c(C(=O)O)c2)c(C(=O)O)c1. The largest absolute Gasteiger partial charge is 0.478 e. The number of carboxylic acid groups (broad SMARTS) is 2. The molecule has 0 saturated carbocycles. The number of benzene rings is 2. The molecule has 2 rings (SSSR count). The number of aryl methyl sites for hydroxylation is 3. The van der Waals surface area contributed by atoms with Crippen molar-refractivity contribution in [1.82, 2.24) is 0 Å². The Morgan fingerprint density at radius 3 is 2.04 bits per heavy atom. The lowest BCUT2D eigenvalue weighted by Gasteiger charge is -2.15. The van der Waals surface area contributed by atoms with Gasteiger partial charge in [-0.15, -0.1) is 0 Å². The molecule has 0 saturated heterocycles. The van der Waals surface area contributed by atoms with Crippen molar-refractivity contribution in [3.63, 3.8) is 0 Å². The van der Waals surface area contributed by atoms with Gasteiger partial charge < -0.3 is 10.2 Å². The summed E-state index contributed by atoms with van der Waals surface area (Å²) in [6, 6.07) is 4.58. The first-order chi connectivity index (χ1) is 11.9. The lowest BCUT2D eigenvalue weighted by atomic mass is 10.0. The Morgan fingerprint density at radius 2 is 1.50 bits per heavy atom. The Bertz CT molecular complexity index is 1030. The van der Waals surface area contributed by atoms with Gasteiger partial charge in [0.15, 0.2) is 0 Å². The van der Waals surface area contributed by atoms with Crippen molar-refractivity contribution in [3.05, 3.63) is 57.9 Å². The second-order valence-corrected chi connectivity index (χ2v) is 7.50. The normalized spacial score (nSPS) is 11.2. The molecular formula is C17H16FNO6S. The summed E-state index contributed by atoms with van der Waals surface area (Å²) in [4.78, 5) is 22.1. The highest BCUT2D eigenvalue weighted by atomic mass is 32.2. The van der Waals surface area contributed by atoms with Crippen molar-refractivity contribution in [1.29, 1.82) is 0 Å². The highest BCUT2D eigenvalue weighted by Gasteiger charge is 2.24. The minimum Gasteiger partial charge on any atom is -0.478 e. The zero-order valence-electron chi connectivity index (χ0n) is 14.1. The second-order valence-electron chi connectivity index (χ2n) is 5.82. The van der Waals surface area contributed by atoms with Gasteiger partial charge in [0.1, 0.15) is 5.82 Å². The maximum Gasteiger partial charge on any atom is 0.338 e. The fourth-order valence-electron chi connectivity index (χ4n) is 2.51. The molecule has 0 aliphatic heterocycles. The molecular weight excluding hydrogens is 365 g/mol. The van der Waals surface area contributed by atoms with Crippen LogP contribution < -0.4 is 4.72 Å². The van der Waals surface area contributed by atoms with Gasteiger partial charge in [-0.2, -0.15) is 0 Å². The summed E-state index contributed by atoms with van der Waals surface area (Å²) in [5, 5.41) is 18.3. The van der Waals surface area contributed by atoms with Crippen molar-refractivity contribution in [2.45, 2.75) is 25.7 Å². The average molecular weight is 381 g/mol. The van der Waals surface area contributed by atoms with Crippen LogP contribution in [0.15, 0.2) is 29.2 Å². The van der Waals surface area contributed by atoms with Gasteiger partial charge in [-0.25, -0.2) is 22.4 Å². The van der Waals surface area contributed by atoms with E-state index in [9.17, 15) is 27.5 Å². The molecule has 2 aromatic rings. The predicted octanol–water partition coefficient (Wildman–Crippen LogP) is 2.95. The highest BCUT2D eigenvalue weighted by Crippen LogP contribution is 2.27. The molecule has 0 aliphatic rings. The maximum absolute atomic E-state index is 13.9. The zero-order chi connectivity index (χ0) is 19.8. The van der Waals surface area contributed by atoms with Crippen molar-refractivity contribution >= 4 is 27.6 Å². The first-order valence-corrected chi connectivity index (χ1v) is 8.83. The van der Waals surface area contributed by atoms with Crippen LogP contribution in [-0.4, -0.2) is 30.6 Å². The van der Waals surface area contributed by atoms with Crippen LogP contribution in [0.4, 0.5) is 10.1 Å². The molecule has 138 valence electrons. The van der Waals surface area contributed by atoms with Gasteiger partial charge in [0, 0.05) is 0 Å². The number of carbonyl (C=O) groups is 2. The van der Waals surface area contributed by atoms with Crippen LogP contribution in [0.2, 0.25) is 0 Å². The number of halogens is 1. The monoisotopic (exact) mass is 381 g/mol. The second kappa shape index (κ2) is 6.75. The third-order valence-corrected chi connectivity index (χ3v) is 5.04. The molecule has 0 amide bonds. The third-order valence-electron chi connectivity index (χ3n) is 3.72. The summed E-state index contributed by atoms with van der Waals surface area (Å²) in [6.07, 6.45) is 0. The van der Waals surface area contributed by atoms with Crippen LogP contribution in [0, 0.1) is 26.6 Å². The molecule has 26 heavy (non-hydrogen) atoms. The van der Waals surface area contributed by atoms with Gasteiger partial charge in [-0.3, -0.25) is 4.72 Å². The summed E-state index contributed by atoms with van der Waals surface area (Å²) in [7, 11) is -4.34. The van der Waals surface area contributed by atoms with Crippen LogP contribution in [-0.2, 0) is 10.0 Å². The number of aromatic carboxylic acids is 2. The summed E-state index contributed by atoms with van der Waals surface area (Å²) < 4.78 is 41.3. The van der Waals surface area contributed by atoms with E-state index >= 15 is 0 Å². The van der Waals surface area contributed by atoms with Gasteiger partial charge in [0.05, 0.1) is 21.7 Å². The summed E-state index contributed by atoms with van der Waals surface area (Å²) in [5.41, 5.74) is -0.323. The number of hydrogen-bond donors (Lipinski definition) is 3. The van der Waals surface area contributed by atoms with Gasteiger partial charge in [-0.05, 0) is 55.7 Å². The summed E-state index contributed by atoms with van der Waals surface area (Å²) in [5.74, 6) is -3.97. The minimum atomic E-state index is -4.34. The smallest absolute Gasteiger partial charge is 0.338 e. The molecule has 3 N–H and O–H groups in total. The molecule has 0 fully saturated rings. The van der Waals surface area contributed by atoms with Crippen LogP contribution in [0.5, 0.6) is 0 Å². The Kier molecular flexibility index (Phi) is 5.04. The van der Waals surface area contributed by atoms with E-state index in [0.717, 1.165) is 6.07 Å². The van der Waals surface area contributed by atoms with Gasteiger partial charge in [0.25, 0.3) is 10.0 Å². The molecule has 0 aromatic heterocycles. The molecule has 7 nitrogen and oxygen atoms in total. The van der Waals surface area contributed by atoms with Crippen LogP contribution in [0.1, 0.15) is 37.4 Å². The van der Waals surface area contributed by atoms with Crippen LogP contribution in [0.3, 0.4) is 0 Å². The molecule has 0 atom stereocenters. The Balaban J connectivity index is 2.62. The molecule has 0 bridgehead atoms. The van der Waals surface area contributed by atoms with E-state index < -0.39 is 38.2 Å². The fourth-order valence-corrected chi connectivity index (χ4v) is 3.77. The summed E-state index contributed by atoms with van der Waals surface area (Å²) in [6.45, 7) is 4.44. The molecule has 0 radical (unpaired) electrons. The lowest BCUT2D eigenvalue weighted by molar-refractivity contribution is 0.0683. The molecule has 0 spiro atoms. The Morgan fingerprint density at radius 1 is 0.923 bits per heavy atom. The first kappa shape index (κ1) is 19.4. The van der Waals surface area contributed by atoms with E-state index in [1.807, 2.05) is 0 Å². The average Bonchev–Trinajstić information content (AvgIpc) is 2.51. The molecule has 2 aromatic carbocycles. The lowest BCUT2D eigenvalue weighted by Crippen LogP contribution is -2.18. The standard InChI is InChI=1S/C17H16FNO6S/c1-8-4-10(3)15(13(5-8)17(22)23)19-26(24,25)11-6-9(2)14(18)12(7-11)16(20)21/h4-7,19H,1-3H3,(H,20,21)(H,22,23). The van der Waals surface area contributed by atoms with Crippen molar-refractivity contribution < 1.29 is 32.6 Å². The quantitative estimate of drug-likeness (QED) is 0.732. The van der Waals surface area contributed by atoms with Crippen LogP contribution >= 0.6 is 0 Å². The van der Waals surface area contributed by atoms with Crippen molar-refractivity contribution in [2.75, 3.05) is 4.72 Å². The molecule has 9 heteroatoms. The van der Waals surface area contributed by atoms with E-state index in [4.69, 9.17) is 5.11 Å². The van der Waals surface area contributed by atoms with E-state index in [1.165, 1.54) is 19.9 Å². The van der Waals surface area contributed by atoms with E-state index in [0.29, 0.717) is 17.2 Å². The Labute approximate surface area is 149 Å². The molecule has 0 unspecified atom stereocenters. The van der Waals surface area contributed by atoms with E-state index in [1.54, 1.807) is 13.0 Å². The number of anilines is 1. The third kappa shape index (κ3) is 3.67. The minimum absolute atomic E-state index is 0.137. The number of carboxylic acids is 2. The number of rotatable bonds is 5. The highest BCUT2D eigenvalue weighted by molar-refractivity contribution is 7.92. The van der Waals surface area contributed by atoms with Crippen molar-refractivity contribution in [2.24, 2.45) is 0 Å². The molecule has 0 aliphatic carbocycles. The first-order valence-electron chi connectivity index (χ1n) is 7.35. The van der Waals surface area contributed by atoms with Gasteiger partial charge >= 0.3 is 11.9 Å². The predicted molar refractivity (Wildman–Crippen MR) is 91.8 cm³/mol. The number of hydrogen-bond acceptors (Lipinski definition) is 4. The van der Waals surface area contributed by atoms with Crippen molar-refractivity contribution in [3.8, 4) is 0 Å². The van der Waals surface area contributed by atoms with Gasteiger partial charge in [-0.1, -0.05) is 6.07 Å². The topological polar surface area (TPSA) is 121 Å². The molecule has 0 heterocycles. The number of nitrogens with one attached hydrogen (secondary N) is 1. The van der Waals surface area contributed by atoms with Gasteiger partial charge in [0.2, 0.25) is 0 Å². The maximum atomic E-state index is 13.9. The zero-order valence-corrected chi connectivity index (χ0v) is 14.9. The number of sulfonamides is 1. The Hall–Kier alpha value is -2.94. The summed E-state index contributed by atoms with van der Waals surface area (Å²) >= 11 is 0. The van der Waals surface area contributed by atoms with E-state index in [2.05, 4.69) is 4.72 Å². The van der Waals surface area contributed by atoms with E-state index in [-0.39, 0.29) is 16.8 Å².